The van der Waals surface area contributed by atoms with Gasteiger partial charge in [-0.05, 0) is 62.7 Å². The first-order chi connectivity index (χ1) is 12.9. The smallest absolute Gasteiger partial charge is 0.246 e. The number of hydrogen-bond acceptors (Lipinski definition) is 4. The molecule has 5 nitrogen and oxygen atoms in total. The molecule has 27 heavy (non-hydrogen) atoms. The fourth-order valence-corrected chi connectivity index (χ4v) is 6.25. The van der Waals surface area contributed by atoms with E-state index in [-0.39, 0.29) is 5.41 Å². The van der Waals surface area contributed by atoms with Crippen LogP contribution in [0.2, 0.25) is 0 Å². The lowest BCUT2D eigenvalue weighted by Crippen LogP contribution is -2.52. The molecular weight excluding hydrogens is 360 g/mol. The molecule has 1 aromatic carbocycles. The zero-order valence-electron chi connectivity index (χ0n) is 16.6. The van der Waals surface area contributed by atoms with Crippen LogP contribution < -0.4 is 4.74 Å². The third-order valence-corrected chi connectivity index (χ3v) is 8.06. The molecule has 2 heterocycles. The van der Waals surface area contributed by atoms with Gasteiger partial charge in [-0.15, -0.1) is 0 Å². The van der Waals surface area contributed by atoms with E-state index in [9.17, 15) is 8.42 Å². The number of para-hydroxylation sites is 1. The van der Waals surface area contributed by atoms with Crippen molar-refractivity contribution in [2.24, 2.45) is 17.3 Å². The summed E-state index contributed by atoms with van der Waals surface area (Å²) in [6, 6.07) is 7.10. The maximum Gasteiger partial charge on any atom is 0.246 e. The highest BCUT2D eigenvalue weighted by Crippen LogP contribution is 2.40. The first-order valence-electron chi connectivity index (χ1n) is 10.3. The summed E-state index contributed by atoms with van der Waals surface area (Å²) in [4.78, 5) is 2.88. The van der Waals surface area contributed by atoms with E-state index < -0.39 is 10.0 Å². The van der Waals surface area contributed by atoms with Gasteiger partial charge in [-0.1, -0.05) is 26.0 Å². The quantitative estimate of drug-likeness (QED) is 0.789. The molecule has 3 aliphatic rings. The molecule has 1 aromatic rings. The number of fused-ring (bicyclic) bond motifs is 1. The number of benzene rings is 1. The first kappa shape index (κ1) is 19.2. The Hall–Kier alpha value is -1.11. The van der Waals surface area contributed by atoms with Crippen molar-refractivity contribution in [3.05, 3.63) is 24.3 Å². The van der Waals surface area contributed by atoms with Gasteiger partial charge in [-0.2, -0.15) is 4.31 Å². The van der Waals surface area contributed by atoms with Crippen molar-refractivity contribution in [3.8, 4) is 5.75 Å². The van der Waals surface area contributed by atoms with Crippen LogP contribution in [-0.2, 0) is 10.0 Å². The minimum absolute atomic E-state index is 0.0878. The maximum absolute atomic E-state index is 13.4. The van der Waals surface area contributed by atoms with Crippen molar-refractivity contribution in [2.75, 3.05) is 39.3 Å². The molecule has 0 radical (unpaired) electrons. The fraction of sp³-hybridized carbons (Fsp3) is 0.714. The van der Waals surface area contributed by atoms with Gasteiger partial charge in [0.15, 0.2) is 0 Å². The Bertz CT molecular complexity index is 765. The second-order valence-electron chi connectivity index (χ2n) is 9.17. The topological polar surface area (TPSA) is 49.9 Å². The zero-order valence-corrected chi connectivity index (χ0v) is 17.4. The predicted molar refractivity (Wildman–Crippen MR) is 106 cm³/mol. The number of hydrogen-bond donors (Lipinski definition) is 0. The van der Waals surface area contributed by atoms with E-state index in [2.05, 4.69) is 18.7 Å². The summed E-state index contributed by atoms with van der Waals surface area (Å²) >= 11 is 0. The Morgan fingerprint density at radius 3 is 2.56 bits per heavy atom. The van der Waals surface area contributed by atoms with Gasteiger partial charge in [0, 0.05) is 25.0 Å². The van der Waals surface area contributed by atoms with E-state index in [4.69, 9.17) is 4.74 Å². The highest BCUT2D eigenvalue weighted by atomic mass is 32.2. The number of ether oxygens (including phenoxy) is 1. The Kier molecular flexibility index (Phi) is 5.25. The number of nitrogens with zero attached hydrogens (tertiary/aromatic N) is 2. The Morgan fingerprint density at radius 2 is 1.89 bits per heavy atom. The van der Waals surface area contributed by atoms with E-state index in [0.29, 0.717) is 36.3 Å². The number of piperidine rings is 1. The highest BCUT2D eigenvalue weighted by molar-refractivity contribution is 7.89. The van der Waals surface area contributed by atoms with Crippen LogP contribution in [0, 0.1) is 17.3 Å². The zero-order chi connectivity index (χ0) is 19.1. The van der Waals surface area contributed by atoms with Gasteiger partial charge < -0.3 is 9.64 Å². The van der Waals surface area contributed by atoms with Gasteiger partial charge >= 0.3 is 0 Å². The minimum Gasteiger partial charge on any atom is -0.492 e. The van der Waals surface area contributed by atoms with E-state index in [1.807, 2.05) is 6.07 Å². The van der Waals surface area contributed by atoms with Gasteiger partial charge in [0.25, 0.3) is 0 Å². The van der Waals surface area contributed by atoms with Crippen molar-refractivity contribution >= 4 is 10.0 Å². The van der Waals surface area contributed by atoms with Crippen LogP contribution in [0.3, 0.4) is 0 Å². The monoisotopic (exact) mass is 392 g/mol. The van der Waals surface area contributed by atoms with Gasteiger partial charge in [0.05, 0.1) is 6.61 Å². The minimum atomic E-state index is -3.54. The number of likely N-dealkylation sites (tertiary alicyclic amines) is 1. The molecule has 0 aromatic heterocycles. The van der Waals surface area contributed by atoms with Crippen molar-refractivity contribution in [1.29, 1.82) is 0 Å². The van der Waals surface area contributed by atoms with Crippen molar-refractivity contribution < 1.29 is 13.2 Å². The van der Waals surface area contributed by atoms with Crippen LogP contribution in [0.25, 0.3) is 0 Å². The summed E-state index contributed by atoms with van der Waals surface area (Å²) in [5.74, 6) is 1.70. The van der Waals surface area contributed by atoms with Crippen LogP contribution in [-0.4, -0.2) is 57.0 Å². The molecule has 0 N–H and O–H groups in total. The molecule has 1 saturated carbocycles. The van der Waals surface area contributed by atoms with Gasteiger partial charge in [0.1, 0.15) is 10.6 Å². The summed E-state index contributed by atoms with van der Waals surface area (Å²) in [6.07, 6.45) is 4.77. The number of rotatable bonds is 4. The summed E-state index contributed by atoms with van der Waals surface area (Å²) in [5.41, 5.74) is -0.0878. The lowest BCUT2D eigenvalue weighted by Gasteiger charge is -2.45. The molecule has 2 fully saturated rings. The van der Waals surface area contributed by atoms with Crippen molar-refractivity contribution in [2.45, 2.75) is 44.4 Å². The molecule has 1 aliphatic carbocycles. The molecule has 150 valence electrons. The molecule has 0 unspecified atom stereocenters. The lowest BCUT2D eigenvalue weighted by atomic mass is 9.78. The molecule has 1 saturated heterocycles. The van der Waals surface area contributed by atoms with Crippen LogP contribution in [0.15, 0.2) is 29.2 Å². The normalized spacial score (nSPS) is 25.6. The third-order valence-electron chi connectivity index (χ3n) is 6.21. The van der Waals surface area contributed by atoms with Crippen LogP contribution >= 0.6 is 0 Å². The van der Waals surface area contributed by atoms with Gasteiger partial charge in [-0.3, -0.25) is 0 Å². The molecule has 2 aliphatic heterocycles. The Morgan fingerprint density at radius 1 is 1.19 bits per heavy atom. The summed E-state index contributed by atoms with van der Waals surface area (Å²) in [5, 5.41) is 0. The molecule has 0 amide bonds. The second kappa shape index (κ2) is 7.37. The average Bonchev–Trinajstić information content (AvgIpc) is 3.45. The third kappa shape index (κ3) is 4.17. The number of sulfonamides is 1. The average molecular weight is 393 g/mol. The molecule has 4 rings (SSSR count). The second-order valence-corrected chi connectivity index (χ2v) is 11.1. The highest BCUT2D eigenvalue weighted by Gasteiger charge is 2.43. The maximum atomic E-state index is 13.4. The largest absolute Gasteiger partial charge is 0.492 e. The standard InChI is InChI=1S/C21H32N2O3S/c1-17(2)13-23-15-21(9-11-22(12-10-21)14-18-7-8-18)16-26-19-5-3-4-6-20(19)27(23,24)25/h3-6,17-18H,7-16H2,1-2H3. The molecular formula is C21H32N2O3S. The van der Waals surface area contributed by atoms with E-state index in [1.165, 1.54) is 19.4 Å². The van der Waals surface area contributed by atoms with Crippen LogP contribution in [0.1, 0.15) is 39.5 Å². The summed E-state index contributed by atoms with van der Waals surface area (Å²) in [6.45, 7) is 9.22. The Labute approximate surface area is 163 Å². The van der Waals surface area contributed by atoms with Crippen molar-refractivity contribution in [1.82, 2.24) is 9.21 Å². The molecule has 6 heteroatoms. The SMILES string of the molecule is CC(C)CN1CC2(CCN(CC3CC3)CC2)COc2ccccc2S1(=O)=O. The van der Waals surface area contributed by atoms with Crippen LogP contribution in [0.4, 0.5) is 0 Å². The summed E-state index contributed by atoms with van der Waals surface area (Å²) < 4.78 is 34.6. The predicted octanol–water partition coefficient (Wildman–Crippen LogP) is 3.22. The Balaban J connectivity index is 1.60. The molecule has 1 spiro atoms. The van der Waals surface area contributed by atoms with Gasteiger partial charge in [0.2, 0.25) is 10.0 Å². The van der Waals surface area contributed by atoms with E-state index in [0.717, 1.165) is 31.8 Å². The molecule has 0 atom stereocenters. The summed E-state index contributed by atoms with van der Waals surface area (Å²) in [7, 11) is -3.54. The van der Waals surface area contributed by atoms with Crippen molar-refractivity contribution in [3.63, 3.8) is 0 Å². The van der Waals surface area contributed by atoms with E-state index in [1.54, 1.807) is 22.5 Å². The van der Waals surface area contributed by atoms with Crippen LogP contribution in [0.5, 0.6) is 5.75 Å². The first-order valence-corrected chi connectivity index (χ1v) is 11.8. The molecule has 0 bridgehead atoms. The lowest BCUT2D eigenvalue weighted by molar-refractivity contribution is 0.0322. The van der Waals surface area contributed by atoms with Gasteiger partial charge in [-0.25, -0.2) is 8.42 Å². The fourth-order valence-electron chi connectivity index (χ4n) is 4.41. The van der Waals surface area contributed by atoms with E-state index >= 15 is 0 Å².